The maximum Gasteiger partial charge on any atom is 0.340 e. The fourth-order valence-electron chi connectivity index (χ4n) is 4.70. The third kappa shape index (κ3) is 4.54. The van der Waals surface area contributed by atoms with Gasteiger partial charge in [0.2, 0.25) is 0 Å². The standard InChI is InChI=1S/C28H26Cl2N2O3/c1-16-11-21(18(3)31(16)24-14-22(29)13-23(30)15-24)12-25-26(28(34)35-5)19(4)32(27(25)33)17(2)20-9-7-6-8-10-20/h6-15,17H,1-5H3/b25-12-/t17-/m0/s1. The van der Waals surface area contributed by atoms with Crippen molar-refractivity contribution in [2.45, 2.75) is 33.7 Å². The molecule has 0 radical (unpaired) electrons. The number of benzene rings is 2. The smallest absolute Gasteiger partial charge is 0.340 e. The van der Waals surface area contributed by atoms with Crippen LogP contribution >= 0.6 is 23.2 Å². The molecule has 1 aliphatic rings. The Kier molecular flexibility index (Phi) is 6.93. The van der Waals surface area contributed by atoms with Gasteiger partial charge >= 0.3 is 5.97 Å². The molecule has 35 heavy (non-hydrogen) atoms. The molecule has 2 heterocycles. The molecule has 0 saturated carbocycles. The summed E-state index contributed by atoms with van der Waals surface area (Å²) in [5, 5.41) is 1.06. The predicted molar refractivity (Wildman–Crippen MR) is 140 cm³/mol. The second kappa shape index (κ2) is 9.76. The number of methoxy groups -OCH3 is 1. The predicted octanol–water partition coefficient (Wildman–Crippen LogP) is 6.83. The van der Waals surface area contributed by atoms with Gasteiger partial charge < -0.3 is 14.2 Å². The van der Waals surface area contributed by atoms with Crippen molar-refractivity contribution in [1.82, 2.24) is 9.47 Å². The number of carbonyl (C=O) groups excluding carboxylic acids is 2. The molecule has 4 rings (SSSR count). The van der Waals surface area contributed by atoms with Crippen LogP contribution in [0.25, 0.3) is 11.8 Å². The van der Waals surface area contributed by atoms with Crippen LogP contribution in [0, 0.1) is 13.8 Å². The molecule has 1 aliphatic heterocycles. The van der Waals surface area contributed by atoms with Gasteiger partial charge in [-0.1, -0.05) is 53.5 Å². The number of aryl methyl sites for hydroxylation is 1. The highest BCUT2D eigenvalue weighted by Gasteiger charge is 2.39. The Balaban J connectivity index is 1.83. The van der Waals surface area contributed by atoms with E-state index in [-0.39, 0.29) is 17.5 Å². The van der Waals surface area contributed by atoms with E-state index in [9.17, 15) is 9.59 Å². The lowest BCUT2D eigenvalue weighted by Gasteiger charge is -2.26. The van der Waals surface area contributed by atoms with Gasteiger partial charge in [-0.2, -0.15) is 0 Å². The highest BCUT2D eigenvalue weighted by Crippen LogP contribution is 2.38. The van der Waals surface area contributed by atoms with E-state index in [1.165, 1.54) is 7.11 Å². The molecule has 1 amide bonds. The van der Waals surface area contributed by atoms with Crippen molar-refractivity contribution in [3.8, 4) is 5.69 Å². The molecule has 3 aromatic rings. The summed E-state index contributed by atoms with van der Waals surface area (Å²) >= 11 is 12.5. The van der Waals surface area contributed by atoms with Gasteiger partial charge in [-0.05, 0) is 69.2 Å². The molecule has 0 aliphatic carbocycles. The van der Waals surface area contributed by atoms with Gasteiger partial charge in [-0.25, -0.2) is 4.79 Å². The molecule has 1 atom stereocenters. The van der Waals surface area contributed by atoms with Crippen LogP contribution < -0.4 is 0 Å². The molecular weight excluding hydrogens is 483 g/mol. The van der Waals surface area contributed by atoms with Crippen molar-refractivity contribution >= 4 is 41.2 Å². The highest BCUT2D eigenvalue weighted by atomic mass is 35.5. The van der Waals surface area contributed by atoms with Crippen LogP contribution in [0.5, 0.6) is 0 Å². The summed E-state index contributed by atoms with van der Waals surface area (Å²) in [4.78, 5) is 28.1. The van der Waals surface area contributed by atoms with Gasteiger partial charge in [0.05, 0.1) is 24.3 Å². The number of carbonyl (C=O) groups is 2. The SMILES string of the molecule is COC(=O)C1=C(C)N([C@@H](C)c2ccccc2)C(=O)/C1=C\c1cc(C)n(-c2cc(Cl)cc(Cl)c2)c1C. The third-order valence-electron chi connectivity index (χ3n) is 6.38. The first-order valence-electron chi connectivity index (χ1n) is 11.2. The van der Waals surface area contributed by atoms with E-state index in [1.807, 2.05) is 73.9 Å². The van der Waals surface area contributed by atoms with Gasteiger partial charge in [-0.15, -0.1) is 0 Å². The average Bonchev–Trinajstić information content (AvgIpc) is 3.24. The minimum Gasteiger partial charge on any atom is -0.465 e. The summed E-state index contributed by atoms with van der Waals surface area (Å²) in [5.74, 6) is -0.782. The first kappa shape index (κ1) is 24.8. The molecule has 7 heteroatoms. The van der Waals surface area contributed by atoms with Crippen molar-refractivity contribution in [3.63, 3.8) is 0 Å². The molecule has 0 spiro atoms. The molecule has 0 fully saturated rings. The third-order valence-corrected chi connectivity index (χ3v) is 6.81. The molecule has 0 N–H and O–H groups in total. The molecule has 180 valence electrons. The van der Waals surface area contributed by atoms with Crippen LogP contribution in [0.2, 0.25) is 10.0 Å². The Bertz CT molecular complexity index is 1370. The number of hydrogen-bond donors (Lipinski definition) is 0. The van der Waals surface area contributed by atoms with E-state index in [0.717, 1.165) is 28.2 Å². The van der Waals surface area contributed by atoms with Crippen molar-refractivity contribution < 1.29 is 14.3 Å². The average molecular weight is 509 g/mol. The summed E-state index contributed by atoms with van der Waals surface area (Å²) in [6.07, 6.45) is 1.76. The maximum absolute atomic E-state index is 13.7. The van der Waals surface area contributed by atoms with E-state index >= 15 is 0 Å². The Morgan fingerprint density at radius 2 is 1.63 bits per heavy atom. The van der Waals surface area contributed by atoms with Gasteiger partial charge in [0.1, 0.15) is 0 Å². The lowest BCUT2D eigenvalue weighted by atomic mass is 10.0. The fraction of sp³-hybridized carbons (Fsp3) is 0.214. The van der Waals surface area contributed by atoms with Gasteiger partial charge in [0, 0.05) is 32.8 Å². The Morgan fingerprint density at radius 3 is 2.23 bits per heavy atom. The number of esters is 1. The van der Waals surface area contributed by atoms with Gasteiger partial charge in [0.15, 0.2) is 0 Å². The van der Waals surface area contributed by atoms with Crippen molar-refractivity contribution in [3.05, 3.63) is 104 Å². The molecule has 0 saturated heterocycles. The quantitative estimate of drug-likeness (QED) is 0.280. The number of ether oxygens (including phenoxy) is 1. The Morgan fingerprint density at radius 1 is 1.00 bits per heavy atom. The van der Waals surface area contributed by atoms with E-state index in [0.29, 0.717) is 21.3 Å². The molecule has 5 nitrogen and oxygen atoms in total. The Hall–Kier alpha value is -3.28. The van der Waals surface area contributed by atoms with Crippen LogP contribution in [0.1, 0.15) is 42.4 Å². The fourth-order valence-corrected chi connectivity index (χ4v) is 5.21. The zero-order valence-corrected chi connectivity index (χ0v) is 21.7. The van der Waals surface area contributed by atoms with E-state index in [1.54, 1.807) is 24.0 Å². The molecule has 1 aromatic heterocycles. The van der Waals surface area contributed by atoms with Gasteiger partial charge in [0.25, 0.3) is 5.91 Å². The summed E-state index contributed by atoms with van der Waals surface area (Å²) in [6, 6.07) is 16.8. The topological polar surface area (TPSA) is 51.5 Å². The zero-order chi connectivity index (χ0) is 25.4. The number of amides is 1. The van der Waals surface area contributed by atoms with Crippen molar-refractivity contribution in [1.29, 1.82) is 0 Å². The normalized spacial score (nSPS) is 15.8. The summed E-state index contributed by atoms with van der Waals surface area (Å²) < 4.78 is 7.07. The molecule has 2 aromatic carbocycles. The second-order valence-electron chi connectivity index (χ2n) is 8.56. The largest absolute Gasteiger partial charge is 0.465 e. The first-order valence-corrected chi connectivity index (χ1v) is 11.9. The maximum atomic E-state index is 13.7. The van der Waals surface area contributed by atoms with Gasteiger partial charge in [-0.3, -0.25) is 4.79 Å². The number of halogens is 2. The summed E-state index contributed by atoms with van der Waals surface area (Å²) in [5.41, 5.74) is 5.58. The second-order valence-corrected chi connectivity index (χ2v) is 9.43. The monoisotopic (exact) mass is 508 g/mol. The lowest BCUT2D eigenvalue weighted by Crippen LogP contribution is -2.28. The number of allylic oxidation sites excluding steroid dienone is 1. The van der Waals surface area contributed by atoms with Crippen LogP contribution in [0.3, 0.4) is 0 Å². The summed E-state index contributed by atoms with van der Waals surface area (Å²) in [6.45, 7) is 7.64. The van der Waals surface area contributed by atoms with Crippen LogP contribution in [-0.4, -0.2) is 28.5 Å². The van der Waals surface area contributed by atoms with E-state index < -0.39 is 5.97 Å². The highest BCUT2D eigenvalue weighted by molar-refractivity contribution is 6.34. The minimum atomic E-state index is -0.541. The van der Waals surface area contributed by atoms with Crippen molar-refractivity contribution in [2.75, 3.05) is 7.11 Å². The molecular formula is C28H26Cl2N2O3. The number of rotatable bonds is 5. The van der Waals surface area contributed by atoms with Crippen LogP contribution in [-0.2, 0) is 14.3 Å². The van der Waals surface area contributed by atoms with E-state index in [4.69, 9.17) is 27.9 Å². The number of aromatic nitrogens is 1. The number of hydrogen-bond acceptors (Lipinski definition) is 3. The Labute approximate surface area is 215 Å². The minimum absolute atomic E-state index is 0.241. The molecule has 0 unspecified atom stereocenters. The first-order chi connectivity index (χ1) is 16.6. The van der Waals surface area contributed by atoms with Crippen LogP contribution in [0.4, 0.5) is 0 Å². The van der Waals surface area contributed by atoms with Crippen LogP contribution in [0.15, 0.2) is 71.4 Å². The lowest BCUT2D eigenvalue weighted by molar-refractivity contribution is -0.136. The molecule has 0 bridgehead atoms. The van der Waals surface area contributed by atoms with Crippen molar-refractivity contribution in [2.24, 2.45) is 0 Å². The number of nitrogens with zero attached hydrogens (tertiary/aromatic N) is 2. The zero-order valence-electron chi connectivity index (χ0n) is 20.2. The summed E-state index contributed by atoms with van der Waals surface area (Å²) in [7, 11) is 1.32. The van der Waals surface area contributed by atoms with E-state index in [2.05, 4.69) is 0 Å².